The number of nitrogens with two attached hydrogens (primary N) is 1. The molecule has 1 aromatic heterocycles. The molecule has 1 aromatic carbocycles. The number of nitrogens with zero attached hydrogens (tertiary/aromatic N) is 1. The fourth-order valence-corrected chi connectivity index (χ4v) is 2.06. The first-order valence-electron chi connectivity index (χ1n) is 4.41. The van der Waals surface area contributed by atoms with E-state index in [1.54, 1.807) is 12.1 Å². The molecule has 0 spiro atoms. The van der Waals surface area contributed by atoms with Gasteiger partial charge in [0.15, 0.2) is 0 Å². The second-order valence-electron chi connectivity index (χ2n) is 3.15. The number of H-pyrrole nitrogens is 1. The molecule has 0 aliphatic carbocycles. The van der Waals surface area contributed by atoms with Crippen LogP contribution < -0.4 is 11.4 Å². The molecule has 0 saturated heterocycles. The van der Waals surface area contributed by atoms with E-state index in [1.165, 1.54) is 4.57 Å². The van der Waals surface area contributed by atoms with Gasteiger partial charge in [-0.1, -0.05) is 23.2 Å². The summed E-state index contributed by atoms with van der Waals surface area (Å²) < 4.78 is 1.52. The molecule has 0 fully saturated rings. The number of rotatable bonds is 2. The molecule has 6 heteroatoms. The normalized spacial score (nSPS) is 11.1. The highest BCUT2D eigenvalue weighted by molar-refractivity contribution is 6.38. The van der Waals surface area contributed by atoms with Crippen LogP contribution in [-0.4, -0.2) is 16.1 Å². The van der Waals surface area contributed by atoms with Crippen molar-refractivity contribution in [3.63, 3.8) is 0 Å². The molecule has 0 saturated carbocycles. The van der Waals surface area contributed by atoms with Gasteiger partial charge in [0.2, 0.25) is 0 Å². The predicted molar refractivity (Wildman–Crippen MR) is 61.6 cm³/mol. The summed E-state index contributed by atoms with van der Waals surface area (Å²) in [6, 6.07) is 3.28. The van der Waals surface area contributed by atoms with E-state index in [-0.39, 0.29) is 5.69 Å². The maximum absolute atomic E-state index is 11.5. The summed E-state index contributed by atoms with van der Waals surface area (Å²) >= 11 is 11.8. The molecule has 3 N–H and O–H groups in total. The number of aromatic amines is 1. The van der Waals surface area contributed by atoms with Crippen molar-refractivity contribution in [3.05, 3.63) is 32.7 Å². The number of halogens is 2. The van der Waals surface area contributed by atoms with Crippen molar-refractivity contribution in [1.82, 2.24) is 9.55 Å². The predicted octanol–water partition coefficient (Wildman–Crippen LogP) is 1.60. The first kappa shape index (κ1) is 10.5. The summed E-state index contributed by atoms with van der Waals surface area (Å²) in [6.45, 7) is 0.826. The van der Waals surface area contributed by atoms with Crippen LogP contribution in [0.15, 0.2) is 16.9 Å². The Labute approximate surface area is 95.6 Å². The number of hydrogen-bond donors (Lipinski definition) is 2. The number of aromatic nitrogens is 2. The molecule has 0 amide bonds. The van der Waals surface area contributed by atoms with Gasteiger partial charge >= 0.3 is 5.69 Å². The van der Waals surface area contributed by atoms with Crippen LogP contribution in [0.5, 0.6) is 0 Å². The monoisotopic (exact) mass is 245 g/mol. The minimum atomic E-state index is -0.223. The molecular weight excluding hydrogens is 237 g/mol. The van der Waals surface area contributed by atoms with Crippen LogP contribution in [-0.2, 0) is 6.54 Å². The summed E-state index contributed by atoms with van der Waals surface area (Å²) in [5.41, 5.74) is 6.47. The van der Waals surface area contributed by atoms with Crippen molar-refractivity contribution in [1.29, 1.82) is 0 Å². The van der Waals surface area contributed by atoms with Gasteiger partial charge in [-0.05, 0) is 12.1 Å². The zero-order valence-corrected chi connectivity index (χ0v) is 9.27. The lowest BCUT2D eigenvalue weighted by molar-refractivity contribution is 0.703. The summed E-state index contributed by atoms with van der Waals surface area (Å²) in [5.74, 6) is 0. The van der Waals surface area contributed by atoms with E-state index in [4.69, 9.17) is 28.9 Å². The van der Waals surface area contributed by atoms with Crippen molar-refractivity contribution in [2.75, 3.05) is 6.54 Å². The van der Waals surface area contributed by atoms with Crippen molar-refractivity contribution < 1.29 is 0 Å². The van der Waals surface area contributed by atoms with E-state index in [9.17, 15) is 4.79 Å². The Morgan fingerprint density at radius 2 is 2.13 bits per heavy atom. The third-order valence-corrected chi connectivity index (χ3v) is 2.67. The Morgan fingerprint density at radius 1 is 1.40 bits per heavy atom. The Bertz CT molecular complexity index is 558. The molecule has 80 valence electrons. The van der Waals surface area contributed by atoms with E-state index >= 15 is 0 Å². The van der Waals surface area contributed by atoms with Gasteiger partial charge < -0.3 is 10.7 Å². The number of nitrogens with one attached hydrogen (secondary N) is 1. The van der Waals surface area contributed by atoms with E-state index < -0.39 is 0 Å². The smallest absolute Gasteiger partial charge is 0.326 e. The molecule has 15 heavy (non-hydrogen) atoms. The third kappa shape index (κ3) is 1.76. The second kappa shape index (κ2) is 3.89. The van der Waals surface area contributed by atoms with Crippen molar-refractivity contribution in [2.24, 2.45) is 5.73 Å². The van der Waals surface area contributed by atoms with Gasteiger partial charge in [0.05, 0.1) is 16.1 Å². The Morgan fingerprint density at radius 3 is 2.80 bits per heavy atom. The third-order valence-electron chi connectivity index (χ3n) is 2.15. The van der Waals surface area contributed by atoms with Gasteiger partial charge in [0, 0.05) is 18.1 Å². The Hall–Kier alpha value is -0.970. The van der Waals surface area contributed by atoms with Crippen LogP contribution in [0.4, 0.5) is 0 Å². The van der Waals surface area contributed by atoms with Crippen LogP contribution >= 0.6 is 23.2 Å². The summed E-state index contributed by atoms with van der Waals surface area (Å²) in [6.07, 6.45) is 0. The van der Waals surface area contributed by atoms with Crippen molar-refractivity contribution in [3.8, 4) is 0 Å². The van der Waals surface area contributed by atoms with Gasteiger partial charge in [-0.3, -0.25) is 4.57 Å². The zero-order chi connectivity index (χ0) is 11.0. The quantitative estimate of drug-likeness (QED) is 0.845. The van der Waals surface area contributed by atoms with Crippen LogP contribution in [0, 0.1) is 0 Å². The largest absolute Gasteiger partial charge is 0.329 e. The van der Waals surface area contributed by atoms with E-state index in [0.717, 1.165) is 0 Å². The molecule has 0 bridgehead atoms. The molecule has 0 atom stereocenters. The zero-order valence-electron chi connectivity index (χ0n) is 7.76. The summed E-state index contributed by atoms with van der Waals surface area (Å²) in [7, 11) is 0. The highest BCUT2D eigenvalue weighted by Crippen LogP contribution is 2.25. The highest BCUT2D eigenvalue weighted by Gasteiger charge is 2.09. The first-order chi connectivity index (χ1) is 7.13. The van der Waals surface area contributed by atoms with Crippen LogP contribution in [0.25, 0.3) is 11.0 Å². The lowest BCUT2D eigenvalue weighted by atomic mass is 10.3. The average molecular weight is 246 g/mol. The maximum Gasteiger partial charge on any atom is 0.326 e. The average Bonchev–Trinajstić information content (AvgIpc) is 2.46. The second-order valence-corrected chi connectivity index (χ2v) is 4.00. The lowest BCUT2D eigenvalue weighted by Gasteiger charge is -2.01. The maximum atomic E-state index is 11.5. The molecule has 0 radical (unpaired) electrons. The van der Waals surface area contributed by atoms with Gasteiger partial charge in [-0.15, -0.1) is 0 Å². The fraction of sp³-hybridized carbons (Fsp3) is 0.222. The Kier molecular flexibility index (Phi) is 2.73. The minimum absolute atomic E-state index is 0.223. The number of fused-ring (bicyclic) bond motifs is 1. The number of imidazole rings is 1. The van der Waals surface area contributed by atoms with Crippen LogP contribution in [0.1, 0.15) is 0 Å². The fourth-order valence-electron chi connectivity index (χ4n) is 1.53. The van der Waals surface area contributed by atoms with Crippen LogP contribution in [0.2, 0.25) is 10.0 Å². The molecule has 1 heterocycles. The first-order valence-corrected chi connectivity index (χ1v) is 5.16. The summed E-state index contributed by atoms with van der Waals surface area (Å²) in [4.78, 5) is 14.2. The molecule has 2 rings (SSSR count). The molecule has 0 aliphatic rings. The molecular formula is C9H9Cl2N3O. The molecule has 0 unspecified atom stereocenters. The van der Waals surface area contributed by atoms with Crippen LogP contribution in [0.3, 0.4) is 0 Å². The summed E-state index contributed by atoms with van der Waals surface area (Å²) in [5, 5.41) is 0.933. The van der Waals surface area contributed by atoms with Gasteiger partial charge in [0.1, 0.15) is 0 Å². The molecule has 0 aliphatic heterocycles. The molecule has 4 nitrogen and oxygen atoms in total. The molecule has 2 aromatic rings. The minimum Gasteiger partial charge on any atom is -0.329 e. The number of hydrogen-bond acceptors (Lipinski definition) is 2. The SMILES string of the molecule is NCCn1c(=O)[nH]c2c(Cl)cc(Cl)cc21. The van der Waals surface area contributed by atoms with E-state index in [1.807, 2.05) is 0 Å². The standard InChI is InChI=1S/C9H9Cl2N3O/c10-5-3-6(11)8-7(4-5)14(2-1-12)9(15)13-8/h3-4H,1-2,12H2,(H,13,15). The topological polar surface area (TPSA) is 63.8 Å². The number of benzene rings is 1. The highest BCUT2D eigenvalue weighted by atomic mass is 35.5. The van der Waals surface area contributed by atoms with Gasteiger partial charge in [-0.2, -0.15) is 0 Å². The van der Waals surface area contributed by atoms with Crippen molar-refractivity contribution in [2.45, 2.75) is 6.54 Å². The van der Waals surface area contributed by atoms with E-state index in [2.05, 4.69) is 4.98 Å². The van der Waals surface area contributed by atoms with E-state index in [0.29, 0.717) is 34.2 Å². The van der Waals surface area contributed by atoms with Crippen molar-refractivity contribution >= 4 is 34.2 Å². The lowest BCUT2D eigenvalue weighted by Crippen LogP contribution is -2.21. The Balaban J connectivity index is 2.80. The van der Waals surface area contributed by atoms with Gasteiger partial charge in [-0.25, -0.2) is 4.79 Å². The van der Waals surface area contributed by atoms with Gasteiger partial charge in [0.25, 0.3) is 0 Å².